The maximum atomic E-state index is 12.4. The fourth-order valence-electron chi connectivity index (χ4n) is 2.71. The largest absolute Gasteiger partial charge is 0.326 e. The summed E-state index contributed by atoms with van der Waals surface area (Å²) in [6, 6.07) is 22.4. The van der Waals surface area contributed by atoms with Gasteiger partial charge in [-0.05, 0) is 66.6 Å². The molecule has 0 aromatic heterocycles. The van der Waals surface area contributed by atoms with Crippen molar-refractivity contribution in [1.29, 1.82) is 0 Å². The predicted molar refractivity (Wildman–Crippen MR) is 128 cm³/mol. The Labute approximate surface area is 190 Å². The number of hydrazone groups is 1. The molecular formula is C24H22ClN3O2S. The Hall–Kier alpha value is -3.09. The molecule has 0 radical (unpaired) electrons. The summed E-state index contributed by atoms with van der Waals surface area (Å²) >= 11 is 7.62. The Morgan fingerprint density at radius 1 is 0.871 bits per heavy atom. The molecule has 0 fully saturated rings. The van der Waals surface area contributed by atoms with Gasteiger partial charge in [0.25, 0.3) is 5.91 Å². The van der Waals surface area contributed by atoms with Crippen LogP contribution in [0.25, 0.3) is 0 Å². The average molecular weight is 452 g/mol. The van der Waals surface area contributed by atoms with Crippen molar-refractivity contribution in [1.82, 2.24) is 5.43 Å². The van der Waals surface area contributed by atoms with E-state index in [4.69, 9.17) is 11.6 Å². The number of hydrogen-bond donors (Lipinski definition) is 2. The van der Waals surface area contributed by atoms with Crippen molar-refractivity contribution in [2.24, 2.45) is 5.10 Å². The molecule has 3 rings (SSSR count). The molecule has 0 aliphatic rings. The molecule has 0 saturated heterocycles. The van der Waals surface area contributed by atoms with E-state index in [0.29, 0.717) is 17.0 Å². The molecule has 0 spiro atoms. The van der Waals surface area contributed by atoms with Crippen LogP contribution in [0.3, 0.4) is 0 Å². The zero-order chi connectivity index (χ0) is 22.2. The molecule has 31 heavy (non-hydrogen) atoms. The van der Waals surface area contributed by atoms with E-state index in [1.165, 1.54) is 6.92 Å². The summed E-state index contributed by atoms with van der Waals surface area (Å²) in [4.78, 5) is 24.6. The first-order chi connectivity index (χ1) is 14.9. The minimum Gasteiger partial charge on any atom is -0.326 e. The van der Waals surface area contributed by atoms with Gasteiger partial charge >= 0.3 is 0 Å². The third kappa shape index (κ3) is 6.98. The molecule has 0 heterocycles. The number of hydrogen-bond acceptors (Lipinski definition) is 4. The van der Waals surface area contributed by atoms with Crippen molar-refractivity contribution < 1.29 is 9.59 Å². The number of carbonyl (C=O) groups excluding carboxylic acids is 2. The number of benzene rings is 3. The van der Waals surface area contributed by atoms with Gasteiger partial charge in [-0.2, -0.15) is 5.10 Å². The van der Waals surface area contributed by atoms with Crippen LogP contribution in [0.1, 0.15) is 35.3 Å². The molecule has 0 aliphatic carbocycles. The quantitative estimate of drug-likeness (QED) is 0.273. The minimum absolute atomic E-state index is 0.125. The van der Waals surface area contributed by atoms with Gasteiger partial charge in [0.1, 0.15) is 0 Å². The Morgan fingerprint density at radius 3 is 2.10 bits per heavy atom. The third-order valence-electron chi connectivity index (χ3n) is 4.38. The standard InChI is InChI=1S/C24H22ClN3O2S/c1-16(19-7-11-22(12-8-19)26-17(2)29)27-28-24(30)20-5-3-18(4-6-20)15-31-23-13-9-21(25)10-14-23/h3-14H,15H2,1-2H3,(H,26,29)(H,28,30)/b27-16+. The summed E-state index contributed by atoms with van der Waals surface area (Å²) in [6.45, 7) is 3.27. The summed E-state index contributed by atoms with van der Waals surface area (Å²) in [6.07, 6.45) is 0. The summed E-state index contributed by atoms with van der Waals surface area (Å²) in [7, 11) is 0. The molecule has 158 valence electrons. The number of nitrogens with zero attached hydrogens (tertiary/aromatic N) is 1. The van der Waals surface area contributed by atoms with E-state index in [2.05, 4.69) is 15.8 Å². The van der Waals surface area contributed by atoms with E-state index in [-0.39, 0.29) is 11.8 Å². The van der Waals surface area contributed by atoms with Gasteiger partial charge in [0, 0.05) is 33.8 Å². The van der Waals surface area contributed by atoms with Crippen LogP contribution in [0.2, 0.25) is 5.02 Å². The maximum absolute atomic E-state index is 12.4. The van der Waals surface area contributed by atoms with Crippen molar-refractivity contribution in [2.45, 2.75) is 24.5 Å². The molecule has 2 N–H and O–H groups in total. The third-order valence-corrected chi connectivity index (χ3v) is 5.72. The van der Waals surface area contributed by atoms with Crippen LogP contribution in [-0.4, -0.2) is 17.5 Å². The van der Waals surface area contributed by atoms with Crippen molar-refractivity contribution in [3.05, 3.63) is 94.5 Å². The van der Waals surface area contributed by atoms with Crippen LogP contribution in [0.5, 0.6) is 0 Å². The van der Waals surface area contributed by atoms with E-state index in [9.17, 15) is 9.59 Å². The average Bonchev–Trinajstić information content (AvgIpc) is 2.77. The molecule has 0 saturated carbocycles. The highest BCUT2D eigenvalue weighted by molar-refractivity contribution is 7.98. The molecule has 0 aliphatic heterocycles. The summed E-state index contributed by atoms with van der Waals surface area (Å²) in [5, 5.41) is 7.62. The zero-order valence-corrected chi connectivity index (χ0v) is 18.8. The number of carbonyl (C=O) groups is 2. The summed E-state index contributed by atoms with van der Waals surface area (Å²) in [5.74, 6) is 0.404. The Kier molecular flexibility index (Phi) is 7.87. The van der Waals surface area contributed by atoms with Crippen molar-refractivity contribution in [3.8, 4) is 0 Å². The second-order valence-electron chi connectivity index (χ2n) is 6.84. The number of amides is 2. The molecule has 5 nitrogen and oxygen atoms in total. The molecule has 0 unspecified atom stereocenters. The first-order valence-electron chi connectivity index (χ1n) is 9.60. The fourth-order valence-corrected chi connectivity index (χ4v) is 3.69. The van der Waals surface area contributed by atoms with E-state index >= 15 is 0 Å². The van der Waals surface area contributed by atoms with E-state index in [1.54, 1.807) is 36.0 Å². The van der Waals surface area contributed by atoms with Gasteiger partial charge in [-0.1, -0.05) is 35.9 Å². The number of nitrogens with one attached hydrogen (secondary N) is 2. The molecule has 3 aromatic carbocycles. The van der Waals surface area contributed by atoms with Crippen LogP contribution >= 0.6 is 23.4 Å². The van der Waals surface area contributed by atoms with Gasteiger partial charge in [-0.3, -0.25) is 9.59 Å². The second-order valence-corrected chi connectivity index (χ2v) is 8.32. The van der Waals surface area contributed by atoms with E-state index in [0.717, 1.165) is 26.8 Å². The van der Waals surface area contributed by atoms with Crippen LogP contribution in [0.15, 0.2) is 82.8 Å². The SMILES string of the molecule is CC(=O)Nc1ccc(/C(C)=N/NC(=O)c2ccc(CSc3ccc(Cl)cc3)cc2)cc1. The number of thioether (sulfide) groups is 1. The van der Waals surface area contributed by atoms with Crippen LogP contribution in [0, 0.1) is 0 Å². The highest BCUT2D eigenvalue weighted by Gasteiger charge is 2.06. The Morgan fingerprint density at radius 2 is 1.48 bits per heavy atom. The Balaban J connectivity index is 1.54. The molecule has 2 amide bonds. The van der Waals surface area contributed by atoms with Crippen molar-refractivity contribution in [2.75, 3.05) is 5.32 Å². The van der Waals surface area contributed by atoms with Crippen molar-refractivity contribution >= 4 is 46.6 Å². The van der Waals surface area contributed by atoms with Gasteiger partial charge < -0.3 is 5.32 Å². The van der Waals surface area contributed by atoms with Gasteiger partial charge in [0.2, 0.25) is 5.91 Å². The zero-order valence-electron chi connectivity index (χ0n) is 17.2. The smallest absolute Gasteiger partial charge is 0.271 e. The monoisotopic (exact) mass is 451 g/mol. The lowest BCUT2D eigenvalue weighted by Gasteiger charge is -2.06. The lowest BCUT2D eigenvalue weighted by Crippen LogP contribution is -2.19. The lowest BCUT2D eigenvalue weighted by atomic mass is 10.1. The van der Waals surface area contributed by atoms with E-state index in [1.807, 2.05) is 55.5 Å². The predicted octanol–water partition coefficient (Wildman–Crippen LogP) is 5.74. The van der Waals surface area contributed by atoms with Gasteiger partial charge in [0.05, 0.1) is 5.71 Å². The number of anilines is 1. The number of rotatable bonds is 7. The molecule has 0 bridgehead atoms. The molecule has 3 aromatic rings. The van der Waals surface area contributed by atoms with Gasteiger partial charge in [0.15, 0.2) is 0 Å². The summed E-state index contributed by atoms with van der Waals surface area (Å²) in [5.41, 5.74) is 6.48. The fraction of sp³-hybridized carbons (Fsp3) is 0.125. The van der Waals surface area contributed by atoms with Crippen LogP contribution < -0.4 is 10.7 Å². The van der Waals surface area contributed by atoms with Gasteiger partial charge in [-0.15, -0.1) is 11.8 Å². The second kappa shape index (κ2) is 10.8. The highest BCUT2D eigenvalue weighted by Crippen LogP contribution is 2.24. The van der Waals surface area contributed by atoms with Crippen LogP contribution in [-0.2, 0) is 10.5 Å². The van der Waals surface area contributed by atoms with Crippen molar-refractivity contribution in [3.63, 3.8) is 0 Å². The van der Waals surface area contributed by atoms with E-state index < -0.39 is 0 Å². The molecular weight excluding hydrogens is 430 g/mol. The first-order valence-corrected chi connectivity index (χ1v) is 11.0. The van der Waals surface area contributed by atoms with Gasteiger partial charge in [-0.25, -0.2) is 5.43 Å². The topological polar surface area (TPSA) is 70.6 Å². The Bertz CT molecular complexity index is 1080. The lowest BCUT2D eigenvalue weighted by molar-refractivity contribution is -0.114. The summed E-state index contributed by atoms with van der Waals surface area (Å²) < 4.78 is 0. The number of halogens is 1. The molecule has 7 heteroatoms. The normalized spacial score (nSPS) is 11.1. The highest BCUT2D eigenvalue weighted by atomic mass is 35.5. The first kappa shape index (κ1) is 22.6. The molecule has 0 atom stereocenters. The van der Waals surface area contributed by atoms with Crippen LogP contribution in [0.4, 0.5) is 5.69 Å². The maximum Gasteiger partial charge on any atom is 0.271 e. The minimum atomic E-state index is -0.272.